The lowest BCUT2D eigenvalue weighted by molar-refractivity contribution is 0.418. The summed E-state index contributed by atoms with van der Waals surface area (Å²) in [7, 11) is 0. The molecule has 0 amide bonds. The number of hydrogen-bond donors (Lipinski definition) is 0. The number of para-hydroxylation sites is 2. The SMILES string of the molecule is Cc1cc2c3c(c1)N(c1ccccc1)c1sc(-c4c(C)cccc4C)cc1B3c1cc3c(cc1N2c1ccccc1)C1(C)CCCC1(C)S3. The first-order valence-electron chi connectivity index (χ1n) is 17.7. The highest BCUT2D eigenvalue weighted by atomic mass is 32.2. The Balaban J connectivity index is 1.31. The van der Waals surface area contributed by atoms with Crippen molar-refractivity contribution < 1.29 is 0 Å². The van der Waals surface area contributed by atoms with Gasteiger partial charge in [0.25, 0.3) is 6.71 Å². The van der Waals surface area contributed by atoms with Crippen molar-refractivity contribution in [3.05, 3.63) is 131 Å². The van der Waals surface area contributed by atoms with Crippen LogP contribution in [-0.2, 0) is 5.41 Å². The van der Waals surface area contributed by atoms with Gasteiger partial charge in [0.2, 0.25) is 0 Å². The van der Waals surface area contributed by atoms with Gasteiger partial charge in [0, 0.05) is 48.4 Å². The van der Waals surface area contributed by atoms with Crippen LogP contribution in [0.1, 0.15) is 55.4 Å². The van der Waals surface area contributed by atoms with Crippen molar-refractivity contribution in [2.75, 3.05) is 9.80 Å². The number of thioether (sulfide) groups is 1. The number of thiophene rings is 1. The fourth-order valence-corrected chi connectivity index (χ4v) is 12.8. The van der Waals surface area contributed by atoms with Gasteiger partial charge in [-0.3, -0.25) is 0 Å². The third-order valence-corrected chi connectivity index (χ3v) is 15.0. The zero-order chi connectivity index (χ0) is 33.2. The normalized spacial score (nSPS) is 21.3. The van der Waals surface area contributed by atoms with Crippen LogP contribution in [0.4, 0.5) is 33.4 Å². The molecule has 240 valence electrons. The van der Waals surface area contributed by atoms with Crippen molar-refractivity contribution in [3.63, 3.8) is 0 Å². The van der Waals surface area contributed by atoms with E-state index in [1.165, 1.54) is 101 Å². The Morgan fingerprint density at radius 3 is 2.00 bits per heavy atom. The van der Waals surface area contributed by atoms with E-state index in [1.807, 2.05) is 11.3 Å². The van der Waals surface area contributed by atoms with Crippen LogP contribution in [0.25, 0.3) is 10.4 Å². The average molecular weight is 671 g/mol. The van der Waals surface area contributed by atoms with Crippen LogP contribution >= 0.6 is 23.1 Å². The molecule has 0 spiro atoms. The number of aryl methyl sites for hydroxylation is 3. The highest BCUT2D eigenvalue weighted by molar-refractivity contribution is 8.01. The fraction of sp³-hybridized carbons (Fsp3) is 0.227. The second-order valence-electron chi connectivity index (χ2n) is 15.1. The zero-order valence-corrected chi connectivity index (χ0v) is 30.4. The molecule has 0 radical (unpaired) electrons. The van der Waals surface area contributed by atoms with Gasteiger partial charge in [-0.1, -0.05) is 74.0 Å². The van der Waals surface area contributed by atoms with Crippen LogP contribution in [0.2, 0.25) is 0 Å². The zero-order valence-electron chi connectivity index (χ0n) is 28.8. The molecular formula is C44H39BN2S2. The Morgan fingerprint density at radius 2 is 1.31 bits per heavy atom. The first kappa shape index (κ1) is 29.7. The molecule has 10 rings (SSSR count). The third kappa shape index (κ3) is 4.03. The first-order chi connectivity index (χ1) is 23.8. The maximum absolute atomic E-state index is 2.62. The molecule has 5 aromatic carbocycles. The van der Waals surface area contributed by atoms with E-state index in [-0.39, 0.29) is 16.9 Å². The molecule has 1 saturated carbocycles. The van der Waals surface area contributed by atoms with E-state index in [0.29, 0.717) is 0 Å². The maximum Gasteiger partial charge on any atom is 0.253 e. The third-order valence-electron chi connectivity index (χ3n) is 12.2. The molecule has 4 heterocycles. The van der Waals surface area contributed by atoms with Crippen molar-refractivity contribution in [1.29, 1.82) is 0 Å². The van der Waals surface area contributed by atoms with Gasteiger partial charge < -0.3 is 9.80 Å². The van der Waals surface area contributed by atoms with E-state index >= 15 is 0 Å². The van der Waals surface area contributed by atoms with Crippen molar-refractivity contribution in [3.8, 4) is 10.4 Å². The Bertz CT molecular complexity index is 2310. The first-order valence-corrected chi connectivity index (χ1v) is 19.3. The van der Waals surface area contributed by atoms with Crippen LogP contribution in [0.5, 0.6) is 0 Å². The molecule has 1 aliphatic carbocycles. The summed E-state index contributed by atoms with van der Waals surface area (Å²) in [5.41, 5.74) is 17.7. The highest BCUT2D eigenvalue weighted by Crippen LogP contribution is 2.65. The molecular weight excluding hydrogens is 631 g/mol. The lowest BCUT2D eigenvalue weighted by Crippen LogP contribution is -2.61. The van der Waals surface area contributed by atoms with Crippen LogP contribution in [-0.4, -0.2) is 11.5 Å². The molecule has 0 N–H and O–H groups in total. The quantitative estimate of drug-likeness (QED) is 0.173. The smallest absolute Gasteiger partial charge is 0.253 e. The van der Waals surface area contributed by atoms with Gasteiger partial charge in [-0.15, -0.1) is 23.1 Å². The Hall–Kier alpha value is -4.19. The summed E-state index contributed by atoms with van der Waals surface area (Å²) in [6.45, 7) is 12.0. The number of anilines is 6. The predicted molar refractivity (Wildman–Crippen MR) is 213 cm³/mol. The number of hydrogen-bond acceptors (Lipinski definition) is 4. The standard InChI is InChI=1S/C44H39BN2S2/c1-27-22-36-41-37(23-27)47(31-18-10-7-11-19-31)42-34(26-39(48-42)40-28(2)14-12-15-29(40)3)45(41)33-25-38-32(43(4)20-13-21-44(43,5)49-38)24-35(33)46(36)30-16-8-6-9-17-30/h6-12,14-19,22-26H,13,20-21H2,1-5H3. The van der Waals surface area contributed by atoms with Crippen LogP contribution in [0.15, 0.2) is 114 Å². The minimum atomic E-state index is 0.136. The predicted octanol–water partition coefficient (Wildman–Crippen LogP) is 10.7. The summed E-state index contributed by atoms with van der Waals surface area (Å²) in [5.74, 6) is 0. The summed E-state index contributed by atoms with van der Waals surface area (Å²) in [5, 5.41) is 1.33. The van der Waals surface area contributed by atoms with Crippen LogP contribution in [0, 0.1) is 20.8 Å². The molecule has 2 nitrogen and oxygen atoms in total. The van der Waals surface area contributed by atoms with E-state index in [1.54, 1.807) is 5.56 Å². The number of fused-ring (bicyclic) bond motifs is 7. The Labute approximate surface area is 298 Å². The molecule has 1 fully saturated rings. The van der Waals surface area contributed by atoms with E-state index in [4.69, 9.17) is 0 Å². The highest BCUT2D eigenvalue weighted by Gasteiger charge is 2.56. The molecule has 2 atom stereocenters. The van der Waals surface area contributed by atoms with Gasteiger partial charge >= 0.3 is 0 Å². The van der Waals surface area contributed by atoms with E-state index in [9.17, 15) is 0 Å². The van der Waals surface area contributed by atoms with E-state index in [2.05, 4.69) is 165 Å². The molecule has 2 unspecified atom stereocenters. The molecule has 0 bridgehead atoms. The van der Waals surface area contributed by atoms with Crippen molar-refractivity contribution >= 4 is 79.6 Å². The molecule has 4 aliphatic rings. The second-order valence-corrected chi connectivity index (χ2v) is 17.6. The van der Waals surface area contributed by atoms with Gasteiger partial charge in [-0.25, -0.2) is 0 Å². The van der Waals surface area contributed by atoms with Crippen molar-refractivity contribution in [2.45, 2.75) is 68.9 Å². The number of rotatable bonds is 3. The van der Waals surface area contributed by atoms with Gasteiger partial charge in [0.05, 0.1) is 5.00 Å². The van der Waals surface area contributed by atoms with Gasteiger partial charge in [0.1, 0.15) is 0 Å². The van der Waals surface area contributed by atoms with Crippen LogP contribution in [0.3, 0.4) is 0 Å². The lowest BCUT2D eigenvalue weighted by atomic mass is 9.34. The minimum Gasteiger partial charge on any atom is -0.311 e. The number of benzene rings is 5. The summed E-state index contributed by atoms with van der Waals surface area (Å²) < 4.78 is 0.241. The molecule has 49 heavy (non-hydrogen) atoms. The van der Waals surface area contributed by atoms with E-state index < -0.39 is 0 Å². The summed E-state index contributed by atoms with van der Waals surface area (Å²) in [6.07, 6.45) is 3.85. The topological polar surface area (TPSA) is 6.48 Å². The van der Waals surface area contributed by atoms with Gasteiger partial charge in [0.15, 0.2) is 0 Å². The molecule has 0 saturated heterocycles. The second kappa shape index (κ2) is 10.4. The number of nitrogens with zero attached hydrogens (tertiary/aromatic N) is 2. The summed E-state index contributed by atoms with van der Waals surface area (Å²) >= 11 is 4.11. The Kier molecular flexibility index (Phi) is 6.31. The molecule has 5 heteroatoms. The van der Waals surface area contributed by atoms with Gasteiger partial charge in [-0.05, 0) is 133 Å². The molecule has 3 aliphatic heterocycles. The monoisotopic (exact) mass is 670 g/mol. The lowest BCUT2D eigenvalue weighted by Gasteiger charge is -2.43. The van der Waals surface area contributed by atoms with Crippen molar-refractivity contribution in [2.24, 2.45) is 0 Å². The summed E-state index contributed by atoms with van der Waals surface area (Å²) in [6, 6.07) is 41.5. The molecule has 1 aromatic heterocycles. The molecule has 6 aromatic rings. The minimum absolute atomic E-state index is 0.136. The summed E-state index contributed by atoms with van der Waals surface area (Å²) in [4.78, 5) is 7.99. The Morgan fingerprint density at radius 1 is 0.653 bits per heavy atom. The fourth-order valence-electron chi connectivity index (χ4n) is 9.61. The van der Waals surface area contributed by atoms with Gasteiger partial charge in [-0.2, -0.15) is 0 Å². The van der Waals surface area contributed by atoms with E-state index in [0.717, 1.165) is 0 Å². The average Bonchev–Trinajstić information content (AvgIpc) is 3.71. The maximum atomic E-state index is 2.62. The van der Waals surface area contributed by atoms with Crippen LogP contribution < -0.4 is 26.2 Å². The van der Waals surface area contributed by atoms with Crippen molar-refractivity contribution in [1.82, 2.24) is 0 Å². The largest absolute Gasteiger partial charge is 0.311 e.